The van der Waals surface area contributed by atoms with Crippen LogP contribution in [0.25, 0.3) is 0 Å². The van der Waals surface area contributed by atoms with Crippen LogP contribution in [0.3, 0.4) is 0 Å². The standard InChI is InChI=1S/C16H25N3O/c1-12-4-6-14(7-5-12)18-16(20)19(3)15-10-8-13(17-2)9-11-15/h4-7,13,15,17H,8-11H2,1-3H3,(H,18,20). The third-order valence-electron chi connectivity index (χ3n) is 4.28. The van der Waals surface area contributed by atoms with Crippen LogP contribution in [-0.4, -0.2) is 37.1 Å². The van der Waals surface area contributed by atoms with E-state index in [0.29, 0.717) is 12.1 Å². The minimum atomic E-state index is -0.0123. The number of carbonyl (C=O) groups excluding carboxylic acids is 1. The molecule has 4 heteroatoms. The van der Waals surface area contributed by atoms with Gasteiger partial charge in [-0.2, -0.15) is 0 Å². The third-order valence-corrected chi connectivity index (χ3v) is 4.28. The van der Waals surface area contributed by atoms with Crippen molar-refractivity contribution in [2.75, 3.05) is 19.4 Å². The van der Waals surface area contributed by atoms with E-state index in [4.69, 9.17) is 0 Å². The Labute approximate surface area is 121 Å². The lowest BCUT2D eigenvalue weighted by molar-refractivity contribution is 0.178. The molecule has 0 heterocycles. The molecule has 4 nitrogen and oxygen atoms in total. The second-order valence-corrected chi connectivity index (χ2v) is 5.70. The molecule has 110 valence electrons. The lowest BCUT2D eigenvalue weighted by Gasteiger charge is -2.34. The Morgan fingerprint density at radius 1 is 1.15 bits per heavy atom. The number of rotatable bonds is 3. The fourth-order valence-corrected chi connectivity index (χ4v) is 2.77. The summed E-state index contributed by atoms with van der Waals surface area (Å²) in [4.78, 5) is 14.1. The maximum Gasteiger partial charge on any atom is 0.321 e. The van der Waals surface area contributed by atoms with Gasteiger partial charge in [0.2, 0.25) is 0 Å². The maximum absolute atomic E-state index is 12.2. The van der Waals surface area contributed by atoms with E-state index in [9.17, 15) is 4.79 Å². The van der Waals surface area contributed by atoms with Crippen LogP contribution >= 0.6 is 0 Å². The van der Waals surface area contributed by atoms with Crippen LogP contribution < -0.4 is 10.6 Å². The summed E-state index contributed by atoms with van der Waals surface area (Å²) in [7, 11) is 3.91. The quantitative estimate of drug-likeness (QED) is 0.890. The lowest BCUT2D eigenvalue weighted by atomic mass is 9.90. The molecule has 1 aromatic rings. The Morgan fingerprint density at radius 2 is 1.75 bits per heavy atom. The van der Waals surface area contributed by atoms with Gasteiger partial charge in [-0.3, -0.25) is 0 Å². The van der Waals surface area contributed by atoms with Crippen molar-refractivity contribution in [2.24, 2.45) is 0 Å². The van der Waals surface area contributed by atoms with Crippen LogP contribution in [0.15, 0.2) is 24.3 Å². The van der Waals surface area contributed by atoms with Crippen LogP contribution in [0.4, 0.5) is 10.5 Å². The molecular weight excluding hydrogens is 250 g/mol. The summed E-state index contributed by atoms with van der Waals surface area (Å²) in [5.74, 6) is 0. The first-order valence-electron chi connectivity index (χ1n) is 7.38. The molecule has 1 aliphatic carbocycles. The van der Waals surface area contributed by atoms with E-state index in [1.165, 1.54) is 5.56 Å². The van der Waals surface area contributed by atoms with Gasteiger partial charge in [0.1, 0.15) is 0 Å². The molecule has 1 saturated carbocycles. The predicted molar refractivity (Wildman–Crippen MR) is 83.1 cm³/mol. The molecule has 0 unspecified atom stereocenters. The normalized spacial score (nSPS) is 22.4. The van der Waals surface area contributed by atoms with E-state index in [1.54, 1.807) is 0 Å². The summed E-state index contributed by atoms with van der Waals surface area (Å²) in [6, 6.07) is 8.85. The molecule has 0 spiro atoms. The molecule has 0 aliphatic heterocycles. The Hall–Kier alpha value is -1.55. The largest absolute Gasteiger partial charge is 0.325 e. The van der Waals surface area contributed by atoms with E-state index in [1.807, 2.05) is 50.2 Å². The first-order chi connectivity index (χ1) is 9.60. The van der Waals surface area contributed by atoms with Crippen molar-refractivity contribution in [1.82, 2.24) is 10.2 Å². The minimum Gasteiger partial charge on any atom is -0.325 e. The van der Waals surface area contributed by atoms with E-state index in [2.05, 4.69) is 10.6 Å². The van der Waals surface area contributed by atoms with Crippen LogP contribution in [0.1, 0.15) is 31.2 Å². The van der Waals surface area contributed by atoms with Crippen molar-refractivity contribution in [3.05, 3.63) is 29.8 Å². The molecule has 0 saturated heterocycles. The van der Waals surface area contributed by atoms with Gasteiger partial charge in [-0.25, -0.2) is 4.79 Å². The summed E-state index contributed by atoms with van der Waals surface area (Å²) >= 11 is 0. The third kappa shape index (κ3) is 3.73. The van der Waals surface area contributed by atoms with Crippen molar-refractivity contribution < 1.29 is 4.79 Å². The highest BCUT2D eigenvalue weighted by molar-refractivity contribution is 5.89. The van der Waals surface area contributed by atoms with Crippen molar-refractivity contribution in [1.29, 1.82) is 0 Å². The average Bonchev–Trinajstić information content (AvgIpc) is 2.49. The van der Waals surface area contributed by atoms with Crippen molar-refractivity contribution in [3.8, 4) is 0 Å². The summed E-state index contributed by atoms with van der Waals surface area (Å²) < 4.78 is 0. The predicted octanol–water partition coefficient (Wildman–Crippen LogP) is 2.99. The number of aryl methyl sites for hydroxylation is 1. The van der Waals surface area contributed by atoms with Crippen LogP contribution in [0.5, 0.6) is 0 Å². The Kier molecular flexibility index (Phi) is 5.01. The number of benzene rings is 1. The highest BCUT2D eigenvalue weighted by Crippen LogP contribution is 2.22. The van der Waals surface area contributed by atoms with Gasteiger partial charge in [-0.15, -0.1) is 0 Å². The van der Waals surface area contributed by atoms with Gasteiger partial charge in [0.25, 0.3) is 0 Å². The zero-order valence-corrected chi connectivity index (χ0v) is 12.6. The van der Waals surface area contributed by atoms with Gasteiger partial charge in [0, 0.05) is 24.8 Å². The average molecular weight is 275 g/mol. The maximum atomic E-state index is 12.2. The fourth-order valence-electron chi connectivity index (χ4n) is 2.77. The molecule has 2 N–H and O–H groups in total. The monoisotopic (exact) mass is 275 g/mol. The van der Waals surface area contributed by atoms with E-state index in [0.717, 1.165) is 31.4 Å². The highest BCUT2D eigenvalue weighted by atomic mass is 16.2. The van der Waals surface area contributed by atoms with Crippen molar-refractivity contribution >= 4 is 11.7 Å². The molecule has 2 rings (SSSR count). The summed E-state index contributed by atoms with van der Waals surface area (Å²) in [5, 5.41) is 6.28. The number of hydrogen-bond acceptors (Lipinski definition) is 2. The summed E-state index contributed by atoms with van der Waals surface area (Å²) in [6.07, 6.45) is 4.43. The molecule has 2 amide bonds. The molecule has 0 aromatic heterocycles. The van der Waals surface area contributed by atoms with Gasteiger partial charge in [-0.1, -0.05) is 17.7 Å². The van der Waals surface area contributed by atoms with E-state index in [-0.39, 0.29) is 6.03 Å². The number of urea groups is 1. The molecular formula is C16H25N3O. The zero-order valence-electron chi connectivity index (χ0n) is 12.6. The molecule has 1 aromatic carbocycles. The Morgan fingerprint density at radius 3 is 2.30 bits per heavy atom. The zero-order chi connectivity index (χ0) is 14.5. The van der Waals surface area contributed by atoms with E-state index >= 15 is 0 Å². The van der Waals surface area contributed by atoms with Gasteiger partial charge >= 0.3 is 6.03 Å². The lowest BCUT2D eigenvalue weighted by Crippen LogP contribution is -2.44. The van der Waals surface area contributed by atoms with Crippen molar-refractivity contribution in [2.45, 2.75) is 44.7 Å². The fraction of sp³-hybridized carbons (Fsp3) is 0.562. The first-order valence-corrected chi connectivity index (χ1v) is 7.38. The number of hydrogen-bond donors (Lipinski definition) is 2. The van der Waals surface area contributed by atoms with Gasteiger partial charge in [0.15, 0.2) is 0 Å². The summed E-state index contributed by atoms with van der Waals surface area (Å²) in [5.41, 5.74) is 2.05. The van der Waals surface area contributed by atoms with Crippen LogP contribution in [0, 0.1) is 6.92 Å². The Balaban J connectivity index is 1.87. The molecule has 0 atom stereocenters. The molecule has 1 fully saturated rings. The molecule has 0 radical (unpaired) electrons. The summed E-state index contributed by atoms with van der Waals surface area (Å²) in [6.45, 7) is 2.04. The van der Waals surface area contributed by atoms with Crippen LogP contribution in [-0.2, 0) is 0 Å². The van der Waals surface area contributed by atoms with Gasteiger partial charge in [0.05, 0.1) is 0 Å². The van der Waals surface area contributed by atoms with Gasteiger partial charge < -0.3 is 15.5 Å². The number of amides is 2. The van der Waals surface area contributed by atoms with Gasteiger partial charge in [-0.05, 0) is 51.8 Å². The molecule has 20 heavy (non-hydrogen) atoms. The Bertz CT molecular complexity index is 436. The second-order valence-electron chi connectivity index (χ2n) is 5.70. The highest BCUT2D eigenvalue weighted by Gasteiger charge is 2.25. The first kappa shape index (κ1) is 14.9. The molecule has 0 bridgehead atoms. The topological polar surface area (TPSA) is 44.4 Å². The second kappa shape index (κ2) is 6.75. The number of nitrogens with zero attached hydrogens (tertiary/aromatic N) is 1. The SMILES string of the molecule is CNC1CCC(N(C)C(=O)Nc2ccc(C)cc2)CC1. The van der Waals surface area contributed by atoms with Crippen LogP contribution in [0.2, 0.25) is 0 Å². The molecule has 1 aliphatic rings. The van der Waals surface area contributed by atoms with E-state index < -0.39 is 0 Å². The number of nitrogens with one attached hydrogen (secondary N) is 2. The number of carbonyl (C=O) groups is 1. The smallest absolute Gasteiger partial charge is 0.321 e. The number of anilines is 1. The van der Waals surface area contributed by atoms with Crippen molar-refractivity contribution in [3.63, 3.8) is 0 Å². The minimum absolute atomic E-state index is 0.0123.